The molecular weight excluding hydrogens is 430 g/mol. The van der Waals surface area contributed by atoms with E-state index in [0.29, 0.717) is 24.7 Å². The third kappa shape index (κ3) is 6.20. The molecule has 0 aliphatic rings. The maximum atomic E-state index is 5.93. The monoisotopic (exact) mass is 448 g/mol. The van der Waals surface area contributed by atoms with Crippen LogP contribution in [0.4, 0.5) is 0 Å². The van der Waals surface area contributed by atoms with E-state index in [2.05, 4.69) is 31.2 Å². The van der Waals surface area contributed by atoms with E-state index in [1.165, 1.54) is 0 Å². The molecule has 0 radical (unpaired) electrons. The number of halogens is 2. The molecule has 0 bridgehead atoms. The summed E-state index contributed by atoms with van der Waals surface area (Å²) >= 11 is 3.59. The molecule has 1 aromatic carbocycles. The number of ether oxygens (including phenoxy) is 2. The number of rotatable bonds is 8. The molecule has 0 fully saturated rings. The lowest BCUT2D eigenvalue weighted by Gasteiger charge is -2.15. The van der Waals surface area contributed by atoms with E-state index in [0.717, 1.165) is 27.7 Å². The van der Waals surface area contributed by atoms with Gasteiger partial charge in [-0.2, -0.15) is 0 Å². The molecule has 0 aliphatic heterocycles. The highest BCUT2D eigenvalue weighted by molar-refractivity contribution is 9.10. The Kier molecular flexibility index (Phi) is 8.51. The minimum atomic E-state index is 0. The van der Waals surface area contributed by atoms with Crippen molar-refractivity contribution in [3.05, 3.63) is 82.3 Å². The highest BCUT2D eigenvalue weighted by Crippen LogP contribution is 2.37. The van der Waals surface area contributed by atoms with Gasteiger partial charge in [-0.1, -0.05) is 12.1 Å². The number of hydrogen-bond acceptors (Lipinski definition) is 5. The Bertz CT molecular complexity index is 835. The molecule has 1 N–H and O–H groups in total. The predicted molar refractivity (Wildman–Crippen MR) is 104 cm³/mol. The summed E-state index contributed by atoms with van der Waals surface area (Å²) in [6.07, 6.45) is 7.17. The van der Waals surface area contributed by atoms with Crippen LogP contribution in [0.15, 0.2) is 65.7 Å². The second-order valence-electron chi connectivity index (χ2n) is 5.72. The van der Waals surface area contributed by atoms with Gasteiger partial charge in [-0.3, -0.25) is 9.97 Å². The third-order valence-electron chi connectivity index (χ3n) is 3.78. The van der Waals surface area contributed by atoms with Gasteiger partial charge in [-0.15, -0.1) is 0 Å². The number of nitrogens with zero attached hydrogens (tertiary/aromatic N) is 2. The Hall–Kier alpha value is -2.15. The van der Waals surface area contributed by atoms with Crippen LogP contribution in [0.2, 0.25) is 0 Å². The molecule has 0 atom stereocenters. The number of benzene rings is 1. The molecule has 142 valence electrons. The fourth-order valence-electron chi connectivity index (χ4n) is 2.51. The smallest absolute Gasteiger partial charge is 0.175 e. The molecule has 27 heavy (non-hydrogen) atoms. The minimum absolute atomic E-state index is 0. The predicted octanol–water partition coefficient (Wildman–Crippen LogP) is 1.12. The summed E-state index contributed by atoms with van der Waals surface area (Å²) < 4.78 is 12.3. The second kappa shape index (κ2) is 10.9. The normalized spacial score (nSPS) is 10.1. The Morgan fingerprint density at radius 1 is 0.963 bits per heavy atom. The number of hydrogen-bond donors (Lipinski definition) is 1. The first-order valence-electron chi connectivity index (χ1n) is 8.24. The minimum Gasteiger partial charge on any atom is -1.00 e. The van der Waals surface area contributed by atoms with Gasteiger partial charge in [0, 0.05) is 43.4 Å². The van der Waals surface area contributed by atoms with Crippen LogP contribution in [0.1, 0.15) is 16.7 Å². The zero-order valence-electron chi connectivity index (χ0n) is 14.9. The quantitative estimate of drug-likeness (QED) is 0.559. The lowest BCUT2D eigenvalue weighted by atomic mass is 10.2. The molecule has 0 saturated heterocycles. The van der Waals surface area contributed by atoms with Crippen LogP contribution in [0.5, 0.6) is 11.5 Å². The Morgan fingerprint density at radius 3 is 2.26 bits per heavy atom. The SMILES string of the molecule is COc1cc(CNCc2cccnc2)cc(Br)c1OCc1cccnc1.[Cl-]. The van der Waals surface area contributed by atoms with Crippen molar-refractivity contribution in [1.82, 2.24) is 15.3 Å². The average molecular weight is 450 g/mol. The van der Waals surface area contributed by atoms with Crippen LogP contribution in [0, 0.1) is 0 Å². The largest absolute Gasteiger partial charge is 1.00 e. The standard InChI is InChI=1S/C20H20BrN3O2.ClH/c1-25-19-9-17(13-24-11-15-4-2-6-22-10-15)8-18(21)20(19)26-14-16-5-3-7-23-12-16;/h2-10,12,24H,11,13-14H2,1H3;1H/p-1. The maximum Gasteiger partial charge on any atom is 0.175 e. The molecule has 0 unspecified atom stereocenters. The van der Waals surface area contributed by atoms with Crippen LogP contribution >= 0.6 is 15.9 Å². The van der Waals surface area contributed by atoms with Crippen molar-refractivity contribution in [2.24, 2.45) is 0 Å². The number of nitrogens with one attached hydrogen (secondary N) is 1. The molecule has 3 rings (SSSR count). The van der Waals surface area contributed by atoms with E-state index in [1.54, 1.807) is 25.7 Å². The van der Waals surface area contributed by atoms with Gasteiger partial charge in [0.2, 0.25) is 0 Å². The molecule has 2 heterocycles. The Morgan fingerprint density at radius 2 is 1.63 bits per heavy atom. The summed E-state index contributed by atoms with van der Waals surface area (Å²) in [5.74, 6) is 1.38. The fraction of sp³-hybridized carbons (Fsp3) is 0.200. The van der Waals surface area contributed by atoms with Crippen LogP contribution in [-0.2, 0) is 19.7 Å². The first-order valence-corrected chi connectivity index (χ1v) is 9.03. The molecule has 0 saturated carbocycles. The summed E-state index contributed by atoms with van der Waals surface area (Å²) in [6.45, 7) is 1.90. The summed E-state index contributed by atoms with van der Waals surface area (Å²) in [4.78, 5) is 8.22. The van der Waals surface area contributed by atoms with E-state index in [-0.39, 0.29) is 12.4 Å². The first-order chi connectivity index (χ1) is 12.8. The zero-order chi connectivity index (χ0) is 18.2. The molecule has 0 spiro atoms. The summed E-state index contributed by atoms with van der Waals surface area (Å²) in [6, 6.07) is 11.9. The van der Waals surface area contributed by atoms with Crippen LogP contribution < -0.4 is 27.2 Å². The van der Waals surface area contributed by atoms with Gasteiger partial charge in [0.15, 0.2) is 11.5 Å². The molecule has 0 aliphatic carbocycles. The summed E-state index contributed by atoms with van der Waals surface area (Å²) in [5, 5.41) is 3.41. The highest BCUT2D eigenvalue weighted by Gasteiger charge is 2.12. The summed E-state index contributed by atoms with van der Waals surface area (Å²) in [5.41, 5.74) is 3.25. The van der Waals surface area contributed by atoms with Crippen molar-refractivity contribution in [3.63, 3.8) is 0 Å². The number of methoxy groups -OCH3 is 1. The van der Waals surface area contributed by atoms with Gasteiger partial charge in [0.05, 0.1) is 11.6 Å². The second-order valence-corrected chi connectivity index (χ2v) is 6.58. The van der Waals surface area contributed by atoms with Gasteiger partial charge in [0.25, 0.3) is 0 Å². The Balaban J connectivity index is 0.00000261. The van der Waals surface area contributed by atoms with Crippen molar-refractivity contribution in [1.29, 1.82) is 0 Å². The van der Waals surface area contributed by atoms with Crippen LogP contribution in [0.25, 0.3) is 0 Å². The van der Waals surface area contributed by atoms with E-state index in [4.69, 9.17) is 9.47 Å². The average Bonchev–Trinajstić information content (AvgIpc) is 2.68. The molecule has 5 nitrogen and oxygen atoms in total. The van der Waals surface area contributed by atoms with Crippen molar-refractivity contribution < 1.29 is 21.9 Å². The first kappa shape index (κ1) is 21.2. The van der Waals surface area contributed by atoms with Crippen molar-refractivity contribution >= 4 is 15.9 Å². The highest BCUT2D eigenvalue weighted by atomic mass is 79.9. The summed E-state index contributed by atoms with van der Waals surface area (Å²) in [7, 11) is 1.64. The molecule has 2 aromatic heterocycles. The molecule has 0 amide bonds. The van der Waals surface area contributed by atoms with Gasteiger partial charge in [-0.25, -0.2) is 0 Å². The zero-order valence-corrected chi connectivity index (χ0v) is 17.2. The van der Waals surface area contributed by atoms with Gasteiger partial charge >= 0.3 is 0 Å². The van der Waals surface area contributed by atoms with Gasteiger partial charge in [-0.05, 0) is 51.3 Å². The van der Waals surface area contributed by atoms with Crippen LogP contribution in [0.3, 0.4) is 0 Å². The van der Waals surface area contributed by atoms with Crippen molar-refractivity contribution in [2.45, 2.75) is 19.7 Å². The number of pyridine rings is 2. The lowest BCUT2D eigenvalue weighted by molar-refractivity contribution is -0.00000584. The number of aromatic nitrogens is 2. The van der Waals surface area contributed by atoms with Crippen molar-refractivity contribution in [2.75, 3.05) is 7.11 Å². The van der Waals surface area contributed by atoms with Crippen molar-refractivity contribution in [3.8, 4) is 11.5 Å². The van der Waals surface area contributed by atoms with E-state index >= 15 is 0 Å². The topological polar surface area (TPSA) is 56.3 Å². The molecule has 3 aromatic rings. The lowest BCUT2D eigenvalue weighted by Crippen LogP contribution is -3.00. The van der Waals surface area contributed by atoms with E-state index in [1.807, 2.05) is 42.6 Å². The third-order valence-corrected chi connectivity index (χ3v) is 4.37. The fourth-order valence-corrected chi connectivity index (χ4v) is 3.11. The van der Waals surface area contributed by atoms with E-state index < -0.39 is 0 Å². The van der Waals surface area contributed by atoms with Crippen LogP contribution in [-0.4, -0.2) is 17.1 Å². The molecular formula is C20H20BrClN3O2-. The van der Waals surface area contributed by atoms with Gasteiger partial charge < -0.3 is 27.2 Å². The van der Waals surface area contributed by atoms with Gasteiger partial charge in [0.1, 0.15) is 6.61 Å². The Labute approximate surface area is 173 Å². The van der Waals surface area contributed by atoms with E-state index in [9.17, 15) is 0 Å². The molecule has 7 heteroatoms. The maximum absolute atomic E-state index is 5.93.